The summed E-state index contributed by atoms with van der Waals surface area (Å²) >= 11 is 1.67. The van der Waals surface area contributed by atoms with Crippen molar-refractivity contribution in [3.05, 3.63) is 16.6 Å². The monoisotopic (exact) mass is 268 g/mol. The van der Waals surface area contributed by atoms with Crippen LogP contribution in [0.4, 0.5) is 0 Å². The summed E-state index contributed by atoms with van der Waals surface area (Å²) in [5.41, 5.74) is 2.90. The molecule has 1 aromatic heterocycles. The molecule has 18 heavy (non-hydrogen) atoms. The lowest BCUT2D eigenvalue weighted by molar-refractivity contribution is -0.0644. The van der Waals surface area contributed by atoms with Crippen LogP contribution in [0, 0.1) is 0 Å². The van der Waals surface area contributed by atoms with E-state index in [1.807, 2.05) is 11.6 Å². The Morgan fingerprint density at radius 3 is 3.39 bits per heavy atom. The minimum atomic E-state index is 0.151. The van der Waals surface area contributed by atoms with Crippen molar-refractivity contribution < 1.29 is 4.74 Å². The smallest absolute Gasteiger partial charge is 0.0941 e. The van der Waals surface area contributed by atoms with Gasteiger partial charge in [-0.2, -0.15) is 0 Å². The maximum atomic E-state index is 5.99. The fourth-order valence-electron chi connectivity index (χ4n) is 2.93. The van der Waals surface area contributed by atoms with E-state index >= 15 is 0 Å². The van der Waals surface area contributed by atoms with Gasteiger partial charge in [0.1, 0.15) is 0 Å². The van der Waals surface area contributed by atoms with Crippen LogP contribution >= 0.6 is 11.3 Å². The fraction of sp³-hybridized carbons (Fsp3) is 0.750. The van der Waals surface area contributed by atoms with Gasteiger partial charge in [-0.05, 0) is 19.4 Å². The average Bonchev–Trinajstić information content (AvgIpc) is 3.06. The third-order valence-corrected chi connectivity index (χ3v) is 4.76. The van der Waals surface area contributed by atoms with Crippen LogP contribution in [-0.2, 0) is 11.2 Å². The maximum absolute atomic E-state index is 5.99. The van der Waals surface area contributed by atoms with Gasteiger partial charge in [-0.3, -0.25) is 16.2 Å². The van der Waals surface area contributed by atoms with Gasteiger partial charge >= 0.3 is 0 Å². The molecule has 2 saturated heterocycles. The maximum Gasteiger partial charge on any atom is 0.0941 e. The van der Waals surface area contributed by atoms with Gasteiger partial charge in [0.05, 0.1) is 23.8 Å². The van der Waals surface area contributed by atoms with E-state index < -0.39 is 0 Å². The lowest BCUT2D eigenvalue weighted by Gasteiger charge is -2.38. The highest BCUT2D eigenvalue weighted by Crippen LogP contribution is 2.24. The molecule has 100 valence electrons. The van der Waals surface area contributed by atoms with Crippen molar-refractivity contribution in [3.8, 4) is 0 Å². The fourth-order valence-corrected chi connectivity index (χ4v) is 3.60. The Hall–Kier alpha value is -0.530. The normalized spacial score (nSPS) is 30.3. The molecule has 0 saturated carbocycles. The minimum Gasteiger partial charge on any atom is -0.374 e. The molecule has 2 aliphatic heterocycles. The van der Waals surface area contributed by atoms with Crippen molar-refractivity contribution >= 4 is 11.3 Å². The number of aromatic nitrogens is 1. The van der Waals surface area contributed by atoms with Crippen molar-refractivity contribution in [1.82, 2.24) is 15.3 Å². The summed E-state index contributed by atoms with van der Waals surface area (Å²) in [7, 11) is 0. The van der Waals surface area contributed by atoms with Crippen LogP contribution in [0.5, 0.6) is 0 Å². The van der Waals surface area contributed by atoms with Crippen LogP contribution in [0.1, 0.15) is 17.8 Å². The highest BCUT2D eigenvalue weighted by molar-refractivity contribution is 7.09. The molecule has 0 amide bonds. The predicted octanol–water partition coefficient (Wildman–Crippen LogP) is 0.381. The Morgan fingerprint density at radius 1 is 1.67 bits per heavy atom. The Morgan fingerprint density at radius 2 is 2.61 bits per heavy atom. The van der Waals surface area contributed by atoms with Gasteiger partial charge in [-0.25, -0.2) is 4.98 Å². The second-order valence-corrected chi connectivity index (χ2v) is 6.05. The number of hydrazine groups is 1. The van der Waals surface area contributed by atoms with Crippen molar-refractivity contribution in [2.24, 2.45) is 5.84 Å². The van der Waals surface area contributed by atoms with Crippen molar-refractivity contribution in [1.29, 1.82) is 0 Å². The van der Waals surface area contributed by atoms with Crippen molar-refractivity contribution in [2.45, 2.75) is 37.5 Å². The third-order valence-electron chi connectivity index (χ3n) is 3.96. The molecule has 0 spiro atoms. The summed E-state index contributed by atoms with van der Waals surface area (Å²) in [4.78, 5) is 6.86. The van der Waals surface area contributed by atoms with E-state index in [0.29, 0.717) is 6.04 Å². The molecule has 6 heteroatoms. The summed E-state index contributed by atoms with van der Waals surface area (Å²) in [6, 6.07) is 0.789. The number of morpholine rings is 1. The number of nitrogens with zero attached hydrogens (tertiary/aromatic N) is 2. The summed E-state index contributed by atoms with van der Waals surface area (Å²) in [5.74, 6) is 5.69. The SMILES string of the molecule is NNC(Cc1nccs1)C1CN2CCCC2CO1. The van der Waals surface area contributed by atoms with E-state index in [9.17, 15) is 0 Å². The quantitative estimate of drug-likeness (QED) is 0.610. The number of thiazole rings is 1. The molecule has 3 rings (SSSR count). The third kappa shape index (κ3) is 2.57. The van der Waals surface area contributed by atoms with Gasteiger partial charge in [0.2, 0.25) is 0 Å². The first-order chi connectivity index (χ1) is 8.86. The molecule has 3 N–H and O–H groups in total. The van der Waals surface area contributed by atoms with Crippen LogP contribution in [0.15, 0.2) is 11.6 Å². The zero-order valence-electron chi connectivity index (χ0n) is 10.4. The second-order valence-electron chi connectivity index (χ2n) is 5.07. The number of fused-ring (bicyclic) bond motifs is 1. The summed E-state index contributed by atoms with van der Waals surface area (Å²) in [6.45, 7) is 3.05. The van der Waals surface area contributed by atoms with Crippen LogP contribution < -0.4 is 11.3 Å². The minimum absolute atomic E-state index is 0.151. The molecule has 0 radical (unpaired) electrons. The molecular weight excluding hydrogens is 248 g/mol. The summed E-state index contributed by atoms with van der Waals surface area (Å²) < 4.78 is 5.99. The van der Waals surface area contributed by atoms with Gasteiger partial charge in [0, 0.05) is 30.6 Å². The molecule has 3 atom stereocenters. The molecule has 1 aromatic rings. The number of rotatable bonds is 4. The van der Waals surface area contributed by atoms with Gasteiger partial charge in [-0.15, -0.1) is 11.3 Å². The van der Waals surface area contributed by atoms with Gasteiger partial charge in [0.25, 0.3) is 0 Å². The largest absolute Gasteiger partial charge is 0.374 e. The van der Waals surface area contributed by atoms with Crippen molar-refractivity contribution in [3.63, 3.8) is 0 Å². The zero-order valence-corrected chi connectivity index (χ0v) is 11.2. The van der Waals surface area contributed by atoms with Gasteiger partial charge in [0.15, 0.2) is 0 Å². The molecule has 3 heterocycles. The Balaban J connectivity index is 1.61. The first-order valence-electron chi connectivity index (χ1n) is 6.57. The van der Waals surface area contributed by atoms with E-state index in [4.69, 9.17) is 10.6 Å². The molecule has 0 aliphatic carbocycles. The van der Waals surface area contributed by atoms with Gasteiger partial charge < -0.3 is 4.74 Å². The van der Waals surface area contributed by atoms with E-state index in [-0.39, 0.29) is 12.1 Å². The molecule has 5 nitrogen and oxygen atoms in total. The number of nitrogens with one attached hydrogen (secondary N) is 1. The van der Waals surface area contributed by atoms with Crippen LogP contribution in [-0.4, -0.2) is 47.8 Å². The lowest BCUT2D eigenvalue weighted by atomic mass is 10.1. The standard InChI is InChI=1S/C12H20N4OS/c13-15-10(6-12-14-3-5-18-12)11-7-16-4-1-2-9(16)8-17-11/h3,5,9-11,15H,1-2,4,6-8,13H2. The first kappa shape index (κ1) is 12.5. The highest BCUT2D eigenvalue weighted by Gasteiger charge is 2.35. The van der Waals surface area contributed by atoms with Crippen molar-refractivity contribution in [2.75, 3.05) is 19.7 Å². The summed E-state index contributed by atoms with van der Waals surface area (Å²) in [6.07, 6.45) is 5.44. The number of hydrogen-bond acceptors (Lipinski definition) is 6. The Kier molecular flexibility index (Phi) is 3.91. The van der Waals surface area contributed by atoms with Gasteiger partial charge in [-0.1, -0.05) is 0 Å². The van der Waals surface area contributed by atoms with E-state index in [0.717, 1.165) is 24.6 Å². The summed E-state index contributed by atoms with van der Waals surface area (Å²) in [5, 5.41) is 3.12. The number of ether oxygens (including phenoxy) is 1. The highest BCUT2D eigenvalue weighted by atomic mass is 32.1. The topological polar surface area (TPSA) is 63.4 Å². The van der Waals surface area contributed by atoms with E-state index in [1.165, 1.54) is 19.4 Å². The molecule has 2 aliphatic rings. The molecule has 2 fully saturated rings. The molecule has 0 bridgehead atoms. The Bertz CT molecular complexity index is 372. The van der Waals surface area contributed by atoms with E-state index in [1.54, 1.807) is 11.3 Å². The Labute approximate surface area is 111 Å². The van der Waals surface area contributed by atoms with E-state index in [2.05, 4.69) is 15.3 Å². The molecule has 0 aromatic carbocycles. The zero-order chi connectivity index (χ0) is 12.4. The second kappa shape index (κ2) is 5.63. The number of nitrogens with two attached hydrogens (primary N) is 1. The molecule has 3 unspecified atom stereocenters. The average molecular weight is 268 g/mol. The van der Waals surface area contributed by atoms with Crippen LogP contribution in [0.3, 0.4) is 0 Å². The predicted molar refractivity (Wildman–Crippen MR) is 71.3 cm³/mol. The lowest BCUT2D eigenvalue weighted by Crippen LogP contribution is -2.56. The number of hydrogen-bond donors (Lipinski definition) is 2. The van der Waals surface area contributed by atoms with Crippen LogP contribution in [0.2, 0.25) is 0 Å². The molecular formula is C12H20N4OS. The van der Waals surface area contributed by atoms with Crippen LogP contribution in [0.25, 0.3) is 0 Å². The first-order valence-corrected chi connectivity index (χ1v) is 7.45.